The Hall–Kier alpha value is -2.47. The van der Waals surface area contributed by atoms with Crippen LogP contribution in [0.4, 0.5) is 11.4 Å². The first-order valence-corrected chi connectivity index (χ1v) is 9.44. The van der Waals surface area contributed by atoms with Gasteiger partial charge in [-0.15, -0.1) is 11.8 Å². The van der Waals surface area contributed by atoms with Gasteiger partial charge in [0, 0.05) is 5.69 Å². The van der Waals surface area contributed by atoms with Crippen LogP contribution in [0.1, 0.15) is 16.7 Å². The zero-order chi connectivity index (χ0) is 19.1. The maximum atomic E-state index is 12.1. The van der Waals surface area contributed by atoms with Gasteiger partial charge in [0.25, 0.3) is 0 Å². The molecule has 0 radical (unpaired) electrons. The van der Waals surface area contributed by atoms with Gasteiger partial charge in [-0.05, 0) is 50.1 Å². The smallest absolute Gasteiger partial charge is 0.234 e. The molecule has 0 saturated carbocycles. The lowest BCUT2D eigenvalue weighted by atomic mass is 10.1. The number of thioether (sulfide) groups is 1. The number of hydrogen-bond acceptors (Lipinski definition) is 4. The number of carbonyl (C=O) groups is 2. The summed E-state index contributed by atoms with van der Waals surface area (Å²) < 4.78 is 5.24. The van der Waals surface area contributed by atoms with Gasteiger partial charge in [-0.25, -0.2) is 0 Å². The average Bonchev–Trinajstić information content (AvgIpc) is 2.57. The predicted octanol–water partition coefficient (Wildman–Crippen LogP) is 3.93. The molecule has 2 rings (SSSR count). The van der Waals surface area contributed by atoms with Crippen molar-refractivity contribution in [1.82, 2.24) is 0 Å². The van der Waals surface area contributed by atoms with E-state index in [1.54, 1.807) is 7.11 Å². The van der Waals surface area contributed by atoms with Crippen LogP contribution in [0.2, 0.25) is 0 Å². The van der Waals surface area contributed by atoms with E-state index in [1.807, 2.05) is 57.2 Å². The normalized spacial score (nSPS) is 10.3. The van der Waals surface area contributed by atoms with Crippen molar-refractivity contribution in [2.45, 2.75) is 20.8 Å². The van der Waals surface area contributed by atoms with Gasteiger partial charge < -0.3 is 15.4 Å². The molecule has 0 heterocycles. The molecule has 0 fully saturated rings. The highest BCUT2D eigenvalue weighted by Gasteiger charge is 2.10. The number of nitrogens with one attached hydrogen (secondary N) is 2. The van der Waals surface area contributed by atoms with Crippen molar-refractivity contribution >= 4 is 35.0 Å². The number of aryl methyl sites for hydroxylation is 3. The van der Waals surface area contributed by atoms with Crippen LogP contribution in [-0.4, -0.2) is 30.4 Å². The van der Waals surface area contributed by atoms with Gasteiger partial charge in [0.05, 0.1) is 24.3 Å². The third-order valence-electron chi connectivity index (χ3n) is 3.75. The van der Waals surface area contributed by atoms with Crippen molar-refractivity contribution in [3.05, 3.63) is 53.1 Å². The summed E-state index contributed by atoms with van der Waals surface area (Å²) in [4.78, 5) is 24.2. The number of rotatable bonds is 7. The molecule has 0 aliphatic carbocycles. The van der Waals surface area contributed by atoms with Crippen molar-refractivity contribution in [3.63, 3.8) is 0 Å². The maximum absolute atomic E-state index is 12.1. The Morgan fingerprint density at radius 3 is 2.08 bits per heavy atom. The van der Waals surface area contributed by atoms with E-state index in [9.17, 15) is 9.59 Å². The predicted molar refractivity (Wildman–Crippen MR) is 108 cm³/mol. The summed E-state index contributed by atoms with van der Waals surface area (Å²) in [7, 11) is 1.56. The molecule has 2 amide bonds. The van der Waals surface area contributed by atoms with Crippen LogP contribution in [0.25, 0.3) is 0 Å². The molecule has 0 spiro atoms. The fourth-order valence-corrected chi connectivity index (χ4v) is 3.10. The molecule has 2 N–H and O–H groups in total. The number of benzene rings is 2. The van der Waals surface area contributed by atoms with Crippen molar-refractivity contribution < 1.29 is 14.3 Å². The summed E-state index contributed by atoms with van der Waals surface area (Å²) in [6, 6.07) is 11.5. The Kier molecular flexibility index (Phi) is 7.09. The SMILES string of the molecule is COc1ccc(C)cc1NC(=O)CSCC(=O)Nc1ccc(C)cc1C. The highest BCUT2D eigenvalue weighted by atomic mass is 32.2. The number of amides is 2. The first-order chi connectivity index (χ1) is 12.4. The van der Waals surface area contributed by atoms with Gasteiger partial charge >= 0.3 is 0 Å². The van der Waals surface area contributed by atoms with Crippen LogP contribution in [0, 0.1) is 20.8 Å². The van der Waals surface area contributed by atoms with Crippen molar-refractivity contribution in [1.29, 1.82) is 0 Å². The standard InChI is InChI=1S/C20H24N2O3S/c1-13-5-7-16(15(3)9-13)21-19(23)11-26-12-20(24)22-17-10-14(2)6-8-18(17)25-4/h5-10H,11-12H2,1-4H3,(H,21,23)(H,22,24). The second kappa shape index (κ2) is 9.29. The summed E-state index contributed by atoms with van der Waals surface area (Å²) in [5.74, 6) is 0.728. The van der Waals surface area contributed by atoms with Crippen molar-refractivity contribution in [2.75, 3.05) is 29.2 Å². The molecule has 138 valence electrons. The van der Waals surface area contributed by atoms with Gasteiger partial charge in [0.15, 0.2) is 0 Å². The summed E-state index contributed by atoms with van der Waals surface area (Å²) in [6.45, 7) is 5.91. The van der Waals surface area contributed by atoms with Crippen LogP contribution in [-0.2, 0) is 9.59 Å². The molecule has 2 aromatic carbocycles. The van der Waals surface area contributed by atoms with Crippen LogP contribution < -0.4 is 15.4 Å². The molecule has 26 heavy (non-hydrogen) atoms. The monoisotopic (exact) mass is 372 g/mol. The third-order valence-corrected chi connectivity index (χ3v) is 4.68. The Balaban J connectivity index is 1.81. The van der Waals surface area contributed by atoms with E-state index < -0.39 is 0 Å². The Labute approximate surface area is 158 Å². The van der Waals surface area contributed by atoms with Crippen LogP contribution in [0.5, 0.6) is 5.75 Å². The van der Waals surface area contributed by atoms with E-state index in [1.165, 1.54) is 11.8 Å². The van der Waals surface area contributed by atoms with Crippen LogP contribution >= 0.6 is 11.8 Å². The average molecular weight is 372 g/mol. The van der Waals surface area contributed by atoms with E-state index in [0.29, 0.717) is 11.4 Å². The molecule has 0 aliphatic heterocycles. The van der Waals surface area contributed by atoms with Gasteiger partial charge in [-0.1, -0.05) is 23.8 Å². The Bertz CT molecular complexity index is 806. The van der Waals surface area contributed by atoms with E-state index in [2.05, 4.69) is 10.6 Å². The second-order valence-electron chi connectivity index (χ2n) is 6.11. The zero-order valence-electron chi connectivity index (χ0n) is 15.5. The minimum atomic E-state index is -0.168. The van der Waals surface area contributed by atoms with Gasteiger partial charge in [-0.2, -0.15) is 0 Å². The van der Waals surface area contributed by atoms with Crippen molar-refractivity contribution in [3.8, 4) is 5.75 Å². The highest BCUT2D eigenvalue weighted by Crippen LogP contribution is 2.25. The number of carbonyl (C=O) groups excluding carboxylic acids is 2. The summed E-state index contributed by atoms with van der Waals surface area (Å²) in [5.41, 5.74) is 4.64. The molecular formula is C20H24N2O3S. The van der Waals surface area contributed by atoms with E-state index in [-0.39, 0.29) is 23.3 Å². The molecule has 0 atom stereocenters. The van der Waals surface area contributed by atoms with Crippen molar-refractivity contribution in [2.24, 2.45) is 0 Å². The minimum absolute atomic E-state index is 0.122. The fraction of sp³-hybridized carbons (Fsp3) is 0.300. The molecule has 5 nitrogen and oxygen atoms in total. The topological polar surface area (TPSA) is 67.4 Å². The van der Waals surface area contributed by atoms with E-state index >= 15 is 0 Å². The largest absolute Gasteiger partial charge is 0.495 e. The lowest BCUT2D eigenvalue weighted by molar-refractivity contribution is -0.114. The zero-order valence-corrected chi connectivity index (χ0v) is 16.3. The maximum Gasteiger partial charge on any atom is 0.234 e. The summed E-state index contributed by atoms with van der Waals surface area (Å²) >= 11 is 1.27. The fourth-order valence-electron chi connectivity index (χ4n) is 2.48. The first kappa shape index (κ1) is 19.8. The molecule has 0 aliphatic rings. The van der Waals surface area contributed by atoms with Gasteiger partial charge in [0.2, 0.25) is 11.8 Å². The van der Waals surface area contributed by atoms with E-state index in [0.717, 1.165) is 22.4 Å². The molecule has 0 unspecified atom stereocenters. The summed E-state index contributed by atoms with van der Waals surface area (Å²) in [6.07, 6.45) is 0. The number of anilines is 2. The molecular weight excluding hydrogens is 348 g/mol. The Morgan fingerprint density at radius 2 is 1.46 bits per heavy atom. The first-order valence-electron chi connectivity index (χ1n) is 8.28. The lowest BCUT2D eigenvalue weighted by Crippen LogP contribution is -2.19. The third kappa shape index (κ3) is 5.81. The quantitative estimate of drug-likeness (QED) is 0.773. The Morgan fingerprint density at radius 1 is 0.885 bits per heavy atom. The number of methoxy groups -OCH3 is 1. The molecule has 6 heteroatoms. The van der Waals surface area contributed by atoms with Crippen LogP contribution in [0.3, 0.4) is 0 Å². The number of hydrogen-bond donors (Lipinski definition) is 2. The van der Waals surface area contributed by atoms with Gasteiger partial charge in [0.1, 0.15) is 5.75 Å². The number of ether oxygens (including phenoxy) is 1. The summed E-state index contributed by atoms with van der Waals surface area (Å²) in [5, 5.41) is 5.70. The lowest BCUT2D eigenvalue weighted by Gasteiger charge is -2.11. The minimum Gasteiger partial charge on any atom is -0.495 e. The highest BCUT2D eigenvalue weighted by molar-refractivity contribution is 8.00. The van der Waals surface area contributed by atoms with E-state index in [4.69, 9.17) is 4.74 Å². The van der Waals surface area contributed by atoms with Crippen LogP contribution in [0.15, 0.2) is 36.4 Å². The second-order valence-corrected chi connectivity index (χ2v) is 7.10. The molecule has 0 bridgehead atoms. The van der Waals surface area contributed by atoms with Gasteiger partial charge in [-0.3, -0.25) is 9.59 Å². The molecule has 0 aromatic heterocycles. The molecule has 2 aromatic rings. The molecule has 0 saturated heterocycles.